The number of aliphatic hydroxyl groups excluding tert-OH is 1. The number of ether oxygens (including phenoxy) is 2. The Balaban J connectivity index is 2.10. The largest absolute Gasteiger partial charge is 0.507 e. The van der Waals surface area contributed by atoms with Crippen LogP contribution in [-0.4, -0.2) is 42.0 Å². The van der Waals surface area contributed by atoms with Crippen LogP contribution in [0.4, 0.5) is 0 Å². The standard InChI is InChI=1S/C25H29NO5/c1-4-6-15-26-22(19-9-7-8-10-20(19)30-3)21(24(28)25(26)29)23(27)17-11-13-18(14-12-17)31-16-5-2/h7-14,22,27H,4-6,15-16H2,1-3H3/b23-21-. The number of benzene rings is 2. The van der Waals surface area contributed by atoms with Gasteiger partial charge in [-0.25, -0.2) is 0 Å². The minimum atomic E-state index is -0.710. The number of unbranched alkanes of at least 4 members (excludes halogenated alkanes) is 1. The summed E-state index contributed by atoms with van der Waals surface area (Å²) in [6, 6.07) is 13.4. The molecular formula is C25H29NO5. The van der Waals surface area contributed by atoms with Gasteiger partial charge in [0.1, 0.15) is 17.3 Å². The average molecular weight is 424 g/mol. The molecule has 0 saturated carbocycles. The lowest BCUT2D eigenvalue weighted by Crippen LogP contribution is -2.30. The average Bonchev–Trinajstić information content (AvgIpc) is 3.05. The zero-order chi connectivity index (χ0) is 22.4. The van der Waals surface area contributed by atoms with Gasteiger partial charge in [0.15, 0.2) is 0 Å². The Hall–Kier alpha value is -3.28. The summed E-state index contributed by atoms with van der Waals surface area (Å²) >= 11 is 0. The first-order chi connectivity index (χ1) is 15.0. The molecule has 1 unspecified atom stereocenters. The molecule has 164 valence electrons. The molecule has 1 fully saturated rings. The molecule has 1 saturated heterocycles. The number of aliphatic hydroxyl groups is 1. The Morgan fingerprint density at radius 2 is 1.74 bits per heavy atom. The topological polar surface area (TPSA) is 76.1 Å². The van der Waals surface area contributed by atoms with E-state index in [0.29, 0.717) is 35.8 Å². The molecule has 0 bridgehead atoms. The fourth-order valence-corrected chi connectivity index (χ4v) is 3.74. The summed E-state index contributed by atoms with van der Waals surface area (Å²) in [6.45, 7) is 5.07. The summed E-state index contributed by atoms with van der Waals surface area (Å²) in [5, 5.41) is 11.1. The van der Waals surface area contributed by atoms with Crippen LogP contribution in [0, 0.1) is 0 Å². The molecule has 0 radical (unpaired) electrons. The van der Waals surface area contributed by atoms with Gasteiger partial charge in [0, 0.05) is 17.7 Å². The molecule has 3 rings (SSSR count). The van der Waals surface area contributed by atoms with Gasteiger partial charge in [-0.3, -0.25) is 9.59 Å². The van der Waals surface area contributed by atoms with Crippen LogP contribution >= 0.6 is 0 Å². The van der Waals surface area contributed by atoms with Crippen molar-refractivity contribution in [1.82, 2.24) is 4.90 Å². The lowest BCUT2D eigenvalue weighted by molar-refractivity contribution is -0.139. The Morgan fingerprint density at radius 1 is 1.03 bits per heavy atom. The van der Waals surface area contributed by atoms with E-state index in [1.165, 1.54) is 4.90 Å². The molecule has 1 aliphatic rings. The Bertz CT molecular complexity index is 964. The SMILES string of the molecule is CCCCN1C(=O)C(=O)/C(=C(\O)c2ccc(OCCC)cc2)C1c1ccccc1OC. The third kappa shape index (κ3) is 4.58. The van der Waals surface area contributed by atoms with Crippen molar-refractivity contribution in [2.24, 2.45) is 0 Å². The zero-order valence-electron chi connectivity index (χ0n) is 18.3. The van der Waals surface area contributed by atoms with Gasteiger partial charge < -0.3 is 19.5 Å². The van der Waals surface area contributed by atoms with E-state index < -0.39 is 17.7 Å². The fourth-order valence-electron chi connectivity index (χ4n) is 3.74. The summed E-state index contributed by atoms with van der Waals surface area (Å²) in [4.78, 5) is 27.4. The summed E-state index contributed by atoms with van der Waals surface area (Å²) in [5.41, 5.74) is 1.20. The first-order valence-corrected chi connectivity index (χ1v) is 10.7. The molecule has 6 nitrogen and oxygen atoms in total. The summed E-state index contributed by atoms with van der Waals surface area (Å²) < 4.78 is 11.1. The van der Waals surface area contributed by atoms with Crippen molar-refractivity contribution < 1.29 is 24.2 Å². The Labute approximate surface area is 183 Å². The van der Waals surface area contributed by atoms with Crippen LogP contribution in [0.2, 0.25) is 0 Å². The Morgan fingerprint density at radius 3 is 2.39 bits per heavy atom. The fraction of sp³-hybridized carbons (Fsp3) is 0.360. The second-order valence-electron chi connectivity index (χ2n) is 7.46. The van der Waals surface area contributed by atoms with Crippen molar-refractivity contribution in [3.8, 4) is 11.5 Å². The zero-order valence-corrected chi connectivity index (χ0v) is 18.3. The number of carbonyl (C=O) groups is 2. The van der Waals surface area contributed by atoms with Crippen LogP contribution < -0.4 is 9.47 Å². The highest BCUT2D eigenvalue weighted by Gasteiger charge is 2.46. The van der Waals surface area contributed by atoms with Crippen LogP contribution in [0.1, 0.15) is 50.3 Å². The van der Waals surface area contributed by atoms with E-state index in [4.69, 9.17) is 9.47 Å². The van der Waals surface area contributed by atoms with Gasteiger partial charge >= 0.3 is 0 Å². The molecule has 1 heterocycles. The van der Waals surface area contributed by atoms with Gasteiger partial charge in [0.05, 0.1) is 25.3 Å². The van der Waals surface area contributed by atoms with E-state index in [0.717, 1.165) is 19.3 Å². The third-order valence-electron chi connectivity index (χ3n) is 5.33. The van der Waals surface area contributed by atoms with Crippen molar-refractivity contribution in [2.75, 3.05) is 20.3 Å². The van der Waals surface area contributed by atoms with Crippen LogP contribution in [0.25, 0.3) is 5.76 Å². The van der Waals surface area contributed by atoms with Gasteiger partial charge in [-0.15, -0.1) is 0 Å². The number of nitrogens with zero attached hydrogens (tertiary/aromatic N) is 1. The van der Waals surface area contributed by atoms with Crippen LogP contribution in [0.3, 0.4) is 0 Å². The lowest BCUT2D eigenvalue weighted by atomic mass is 9.94. The van der Waals surface area contributed by atoms with Crippen LogP contribution in [0.5, 0.6) is 11.5 Å². The van der Waals surface area contributed by atoms with Crippen molar-refractivity contribution in [3.63, 3.8) is 0 Å². The number of amides is 1. The molecule has 31 heavy (non-hydrogen) atoms. The van der Waals surface area contributed by atoms with Crippen LogP contribution in [-0.2, 0) is 9.59 Å². The van der Waals surface area contributed by atoms with Gasteiger partial charge in [0.2, 0.25) is 0 Å². The number of methoxy groups -OCH3 is 1. The molecule has 1 atom stereocenters. The highest BCUT2D eigenvalue weighted by atomic mass is 16.5. The van der Waals surface area contributed by atoms with E-state index in [-0.39, 0.29) is 11.3 Å². The minimum absolute atomic E-state index is 0.0767. The second kappa shape index (κ2) is 10.2. The Kier molecular flexibility index (Phi) is 7.34. The quantitative estimate of drug-likeness (QED) is 0.359. The molecular weight excluding hydrogens is 394 g/mol. The summed E-state index contributed by atoms with van der Waals surface area (Å²) in [6.07, 6.45) is 2.52. The van der Waals surface area contributed by atoms with Crippen molar-refractivity contribution in [2.45, 2.75) is 39.2 Å². The molecule has 0 aliphatic carbocycles. The first-order valence-electron chi connectivity index (χ1n) is 10.7. The van der Waals surface area contributed by atoms with Gasteiger partial charge in [0.25, 0.3) is 11.7 Å². The molecule has 0 spiro atoms. The number of para-hydroxylation sites is 1. The number of carbonyl (C=O) groups excluding carboxylic acids is 2. The molecule has 1 amide bonds. The number of likely N-dealkylation sites (tertiary alicyclic amines) is 1. The third-order valence-corrected chi connectivity index (χ3v) is 5.33. The number of Topliss-reactive ketones (excluding diaryl/α,β-unsaturated/α-hetero) is 1. The smallest absolute Gasteiger partial charge is 0.295 e. The molecule has 0 aromatic heterocycles. The van der Waals surface area contributed by atoms with E-state index in [9.17, 15) is 14.7 Å². The van der Waals surface area contributed by atoms with E-state index in [2.05, 4.69) is 0 Å². The van der Waals surface area contributed by atoms with Gasteiger partial charge in [-0.1, -0.05) is 38.5 Å². The molecule has 2 aromatic rings. The summed E-state index contributed by atoms with van der Waals surface area (Å²) in [5.74, 6) is -0.242. The van der Waals surface area contributed by atoms with E-state index in [1.54, 1.807) is 37.4 Å². The highest BCUT2D eigenvalue weighted by molar-refractivity contribution is 6.46. The highest BCUT2D eigenvalue weighted by Crippen LogP contribution is 2.42. The van der Waals surface area contributed by atoms with Gasteiger partial charge in [-0.2, -0.15) is 0 Å². The van der Waals surface area contributed by atoms with Crippen LogP contribution in [0.15, 0.2) is 54.1 Å². The number of hydrogen-bond donors (Lipinski definition) is 1. The predicted octanol–water partition coefficient (Wildman–Crippen LogP) is 4.71. The van der Waals surface area contributed by atoms with E-state index in [1.807, 2.05) is 32.0 Å². The molecule has 6 heteroatoms. The van der Waals surface area contributed by atoms with Crippen molar-refractivity contribution in [3.05, 3.63) is 65.2 Å². The molecule has 2 aromatic carbocycles. The normalized spacial score (nSPS) is 17.8. The maximum absolute atomic E-state index is 13.0. The predicted molar refractivity (Wildman–Crippen MR) is 119 cm³/mol. The molecule has 1 aliphatic heterocycles. The maximum Gasteiger partial charge on any atom is 0.295 e. The summed E-state index contributed by atoms with van der Waals surface area (Å²) in [7, 11) is 1.55. The number of hydrogen-bond acceptors (Lipinski definition) is 5. The minimum Gasteiger partial charge on any atom is -0.507 e. The number of rotatable bonds is 9. The van der Waals surface area contributed by atoms with E-state index >= 15 is 0 Å². The second-order valence-corrected chi connectivity index (χ2v) is 7.46. The number of ketones is 1. The molecule has 1 N–H and O–H groups in total. The van der Waals surface area contributed by atoms with Crippen molar-refractivity contribution >= 4 is 17.4 Å². The maximum atomic E-state index is 13.0. The van der Waals surface area contributed by atoms with Gasteiger partial charge in [-0.05, 0) is 43.2 Å². The first kappa shape index (κ1) is 22.4. The monoisotopic (exact) mass is 423 g/mol. The van der Waals surface area contributed by atoms with Crippen molar-refractivity contribution in [1.29, 1.82) is 0 Å². The lowest BCUT2D eigenvalue weighted by Gasteiger charge is -2.26.